The Bertz CT molecular complexity index is 769. The van der Waals surface area contributed by atoms with Gasteiger partial charge in [0.1, 0.15) is 11.7 Å². The van der Waals surface area contributed by atoms with Crippen LogP contribution in [-0.4, -0.2) is 23.5 Å². The minimum atomic E-state index is -0.807. The third-order valence-corrected chi connectivity index (χ3v) is 4.14. The number of hydrogen-bond acceptors (Lipinski definition) is 5. The van der Waals surface area contributed by atoms with E-state index in [2.05, 4.69) is 5.32 Å². The molecule has 0 amide bonds. The molecule has 0 saturated heterocycles. The maximum Gasteiger partial charge on any atom is 0.328 e. The maximum absolute atomic E-state index is 12.3. The van der Waals surface area contributed by atoms with E-state index in [0.29, 0.717) is 6.42 Å². The molecule has 25 heavy (non-hydrogen) atoms. The van der Waals surface area contributed by atoms with E-state index in [9.17, 15) is 14.9 Å². The van der Waals surface area contributed by atoms with Gasteiger partial charge < -0.3 is 10.1 Å². The summed E-state index contributed by atoms with van der Waals surface area (Å²) in [7, 11) is 0. The number of hydrogen-bond donors (Lipinski definition) is 1. The Labute approximate surface area is 154 Å². The lowest BCUT2D eigenvalue weighted by atomic mass is 10.1. The summed E-state index contributed by atoms with van der Waals surface area (Å²) in [6.45, 7) is 1.90. The highest BCUT2D eigenvalue weighted by Crippen LogP contribution is 2.34. The van der Waals surface area contributed by atoms with Gasteiger partial charge in [-0.15, -0.1) is 0 Å². The molecule has 2 aromatic carbocycles. The monoisotopic (exact) mass is 382 g/mol. The highest BCUT2D eigenvalue weighted by atomic mass is 35.5. The average molecular weight is 383 g/mol. The molecule has 2 rings (SSSR count). The molecule has 6 nitrogen and oxygen atoms in total. The lowest BCUT2D eigenvalue weighted by Crippen LogP contribution is -2.33. The quantitative estimate of drug-likeness (QED) is 0.433. The van der Waals surface area contributed by atoms with E-state index in [1.807, 2.05) is 30.3 Å². The molecule has 0 radical (unpaired) electrons. The van der Waals surface area contributed by atoms with Crippen LogP contribution in [0.4, 0.5) is 11.4 Å². The lowest BCUT2D eigenvalue weighted by molar-refractivity contribution is -0.384. The highest BCUT2D eigenvalue weighted by Gasteiger charge is 2.25. The average Bonchev–Trinajstić information content (AvgIpc) is 2.58. The van der Waals surface area contributed by atoms with Crippen molar-refractivity contribution in [3.05, 3.63) is 68.2 Å². The van der Waals surface area contributed by atoms with Crippen LogP contribution in [0.5, 0.6) is 0 Å². The van der Waals surface area contributed by atoms with Crippen LogP contribution in [-0.2, 0) is 16.0 Å². The summed E-state index contributed by atoms with van der Waals surface area (Å²) in [5.74, 6) is -0.508. The summed E-state index contributed by atoms with van der Waals surface area (Å²) < 4.78 is 5.07. The largest absolute Gasteiger partial charge is 0.464 e. The number of carbonyl (C=O) groups is 1. The minimum Gasteiger partial charge on any atom is -0.464 e. The molecule has 2 aromatic rings. The molecule has 8 heteroatoms. The van der Waals surface area contributed by atoms with Crippen molar-refractivity contribution in [2.45, 2.75) is 19.4 Å². The molecule has 0 heterocycles. The van der Waals surface area contributed by atoms with Crippen molar-refractivity contribution in [1.29, 1.82) is 0 Å². The number of rotatable bonds is 7. The predicted molar refractivity (Wildman–Crippen MR) is 97.3 cm³/mol. The van der Waals surface area contributed by atoms with Gasteiger partial charge in [0.25, 0.3) is 5.69 Å². The standard InChI is InChI=1S/C17H16Cl2N2O4/c1-2-25-17(22)15(8-11-6-4-3-5-7-11)20-14-9-12(18)13(19)10-16(14)21(23)24/h3-7,9-10,15,20H,2,8H2,1H3. The smallest absolute Gasteiger partial charge is 0.328 e. The van der Waals surface area contributed by atoms with Crippen molar-refractivity contribution in [2.24, 2.45) is 0 Å². The van der Waals surface area contributed by atoms with E-state index in [0.717, 1.165) is 11.6 Å². The Balaban J connectivity index is 2.34. The van der Waals surface area contributed by atoms with Crippen LogP contribution >= 0.6 is 23.2 Å². The topological polar surface area (TPSA) is 81.5 Å². The van der Waals surface area contributed by atoms with Crippen molar-refractivity contribution in [3.8, 4) is 0 Å². The zero-order valence-electron chi connectivity index (χ0n) is 13.4. The normalized spacial score (nSPS) is 11.6. The molecule has 0 aliphatic rings. The summed E-state index contributed by atoms with van der Waals surface area (Å²) in [6, 6.07) is 10.9. The van der Waals surface area contributed by atoms with Gasteiger partial charge in [-0.25, -0.2) is 4.79 Å². The molecule has 0 aliphatic heterocycles. The van der Waals surface area contributed by atoms with Gasteiger partial charge in [0.2, 0.25) is 0 Å². The fourth-order valence-electron chi connectivity index (χ4n) is 2.28. The first-order valence-corrected chi connectivity index (χ1v) is 8.28. The van der Waals surface area contributed by atoms with Crippen molar-refractivity contribution < 1.29 is 14.5 Å². The molecule has 0 saturated carbocycles. The van der Waals surface area contributed by atoms with Gasteiger partial charge in [0.15, 0.2) is 0 Å². The first kappa shape index (κ1) is 19.0. The van der Waals surface area contributed by atoms with Gasteiger partial charge in [-0.1, -0.05) is 53.5 Å². The summed E-state index contributed by atoms with van der Waals surface area (Å²) >= 11 is 11.8. The van der Waals surface area contributed by atoms with E-state index >= 15 is 0 Å². The molecule has 1 atom stereocenters. The maximum atomic E-state index is 12.3. The van der Waals surface area contributed by atoms with Crippen LogP contribution in [0.25, 0.3) is 0 Å². The molecule has 132 valence electrons. The second-order valence-electron chi connectivity index (χ2n) is 5.18. The highest BCUT2D eigenvalue weighted by molar-refractivity contribution is 6.42. The molecule has 1 N–H and O–H groups in total. The van der Waals surface area contributed by atoms with E-state index in [4.69, 9.17) is 27.9 Å². The van der Waals surface area contributed by atoms with Crippen molar-refractivity contribution in [1.82, 2.24) is 0 Å². The first-order chi connectivity index (χ1) is 11.9. The number of ether oxygens (including phenoxy) is 1. The molecular formula is C17H16Cl2N2O4. The van der Waals surface area contributed by atoms with E-state index in [1.54, 1.807) is 6.92 Å². The van der Waals surface area contributed by atoms with Crippen molar-refractivity contribution in [3.63, 3.8) is 0 Å². The molecule has 0 spiro atoms. The fourth-order valence-corrected chi connectivity index (χ4v) is 2.60. The predicted octanol–water partition coefficient (Wildman–Crippen LogP) is 4.49. The fraction of sp³-hybridized carbons (Fsp3) is 0.235. The van der Waals surface area contributed by atoms with Gasteiger partial charge >= 0.3 is 5.97 Å². The first-order valence-electron chi connectivity index (χ1n) is 7.53. The Kier molecular flexibility index (Phi) is 6.61. The number of nitro groups is 1. The van der Waals surface area contributed by atoms with Crippen LogP contribution in [0.2, 0.25) is 10.0 Å². The number of halogens is 2. The molecule has 0 fully saturated rings. The molecule has 0 aliphatic carbocycles. The number of anilines is 1. The molecular weight excluding hydrogens is 367 g/mol. The SMILES string of the molecule is CCOC(=O)C(Cc1ccccc1)Nc1cc(Cl)c(Cl)cc1[N+](=O)[O-]. The van der Waals surface area contributed by atoms with Crippen molar-refractivity contribution in [2.75, 3.05) is 11.9 Å². The Hall–Kier alpha value is -2.31. The lowest BCUT2D eigenvalue weighted by Gasteiger charge is -2.19. The Morgan fingerprint density at radius 2 is 1.88 bits per heavy atom. The third kappa shape index (κ3) is 5.08. The van der Waals surface area contributed by atoms with Crippen LogP contribution in [0, 0.1) is 10.1 Å². The molecule has 0 aromatic heterocycles. The van der Waals surface area contributed by atoms with E-state index < -0.39 is 16.9 Å². The second kappa shape index (κ2) is 8.69. The number of carbonyl (C=O) groups excluding carboxylic acids is 1. The van der Waals surface area contributed by atoms with Gasteiger partial charge in [0.05, 0.1) is 21.6 Å². The van der Waals surface area contributed by atoms with Gasteiger partial charge in [-0.2, -0.15) is 0 Å². The Morgan fingerprint density at radius 3 is 2.48 bits per heavy atom. The van der Waals surface area contributed by atoms with Gasteiger partial charge in [-0.3, -0.25) is 10.1 Å². The van der Waals surface area contributed by atoms with Crippen LogP contribution in [0.15, 0.2) is 42.5 Å². The van der Waals surface area contributed by atoms with Crippen LogP contribution < -0.4 is 5.32 Å². The Morgan fingerprint density at radius 1 is 1.24 bits per heavy atom. The number of nitrogens with one attached hydrogen (secondary N) is 1. The summed E-state index contributed by atoms with van der Waals surface area (Å²) in [5.41, 5.74) is 0.723. The van der Waals surface area contributed by atoms with E-state index in [-0.39, 0.29) is 28.0 Å². The number of nitro benzene ring substituents is 1. The van der Waals surface area contributed by atoms with Gasteiger partial charge in [-0.05, 0) is 18.6 Å². The van der Waals surface area contributed by atoms with Crippen LogP contribution in [0.1, 0.15) is 12.5 Å². The summed E-state index contributed by atoms with van der Waals surface area (Å²) in [5, 5.41) is 14.4. The van der Waals surface area contributed by atoms with Crippen molar-refractivity contribution >= 4 is 40.5 Å². The van der Waals surface area contributed by atoms with Crippen LogP contribution in [0.3, 0.4) is 0 Å². The minimum absolute atomic E-state index is 0.0645. The number of benzene rings is 2. The third-order valence-electron chi connectivity index (χ3n) is 3.42. The summed E-state index contributed by atoms with van der Waals surface area (Å²) in [4.78, 5) is 23.0. The molecule has 1 unspecified atom stereocenters. The second-order valence-corrected chi connectivity index (χ2v) is 5.99. The van der Waals surface area contributed by atoms with E-state index in [1.165, 1.54) is 6.07 Å². The zero-order valence-corrected chi connectivity index (χ0v) is 14.9. The number of esters is 1. The van der Waals surface area contributed by atoms with Gasteiger partial charge in [0, 0.05) is 12.5 Å². The molecule has 0 bridgehead atoms. The number of nitrogens with zero attached hydrogens (tertiary/aromatic N) is 1. The summed E-state index contributed by atoms with van der Waals surface area (Å²) in [6.07, 6.45) is 0.303. The zero-order chi connectivity index (χ0) is 18.4.